The van der Waals surface area contributed by atoms with Crippen molar-refractivity contribution < 1.29 is 9.59 Å². The van der Waals surface area contributed by atoms with Gasteiger partial charge in [0.05, 0.1) is 0 Å². The first-order valence-electron chi connectivity index (χ1n) is 6.32. The second-order valence-electron chi connectivity index (χ2n) is 4.58. The fraction of sp³-hybridized carbons (Fsp3) is 0.538. The standard InChI is InChI=1S/C13H19N3O2/c1-11(17)15-7-9-16(10-8-15)13(18)5-4-12-3-2-6-14-12/h2-3,6,14H,4-5,7-10H2,1H3. The van der Waals surface area contributed by atoms with E-state index in [1.54, 1.807) is 11.8 Å². The number of H-pyrrole nitrogens is 1. The summed E-state index contributed by atoms with van der Waals surface area (Å²) in [4.78, 5) is 29.9. The minimum atomic E-state index is 0.0912. The van der Waals surface area contributed by atoms with Crippen LogP contribution in [0.5, 0.6) is 0 Å². The molecule has 98 valence electrons. The van der Waals surface area contributed by atoms with Crippen LogP contribution in [0, 0.1) is 0 Å². The minimum Gasteiger partial charge on any atom is -0.365 e. The van der Waals surface area contributed by atoms with E-state index >= 15 is 0 Å². The Morgan fingerprint density at radius 3 is 2.44 bits per heavy atom. The molecule has 1 aromatic rings. The van der Waals surface area contributed by atoms with Crippen LogP contribution in [0.25, 0.3) is 0 Å². The van der Waals surface area contributed by atoms with Crippen LogP contribution >= 0.6 is 0 Å². The average molecular weight is 249 g/mol. The molecule has 1 fully saturated rings. The summed E-state index contributed by atoms with van der Waals surface area (Å²) < 4.78 is 0. The first kappa shape index (κ1) is 12.7. The van der Waals surface area contributed by atoms with Crippen LogP contribution in [-0.2, 0) is 16.0 Å². The lowest BCUT2D eigenvalue weighted by atomic mass is 10.2. The van der Waals surface area contributed by atoms with Crippen LogP contribution in [0.15, 0.2) is 18.3 Å². The Morgan fingerprint density at radius 2 is 1.89 bits per heavy atom. The van der Waals surface area contributed by atoms with Crippen LogP contribution in [0.3, 0.4) is 0 Å². The molecule has 2 heterocycles. The molecular formula is C13H19N3O2. The molecule has 2 amide bonds. The van der Waals surface area contributed by atoms with Crippen molar-refractivity contribution in [2.45, 2.75) is 19.8 Å². The zero-order chi connectivity index (χ0) is 13.0. The number of carbonyl (C=O) groups is 2. The quantitative estimate of drug-likeness (QED) is 0.854. The molecule has 18 heavy (non-hydrogen) atoms. The van der Waals surface area contributed by atoms with Gasteiger partial charge in [0, 0.05) is 51.4 Å². The summed E-state index contributed by atoms with van der Waals surface area (Å²) >= 11 is 0. The monoisotopic (exact) mass is 249 g/mol. The molecule has 0 bridgehead atoms. The molecule has 0 spiro atoms. The van der Waals surface area contributed by atoms with E-state index in [1.807, 2.05) is 23.2 Å². The summed E-state index contributed by atoms with van der Waals surface area (Å²) in [6.07, 6.45) is 3.14. The van der Waals surface area contributed by atoms with Gasteiger partial charge in [0.2, 0.25) is 11.8 Å². The predicted molar refractivity (Wildman–Crippen MR) is 67.9 cm³/mol. The molecule has 1 aliphatic heterocycles. The van der Waals surface area contributed by atoms with Gasteiger partial charge in [-0.15, -0.1) is 0 Å². The first-order chi connectivity index (χ1) is 8.66. The number of aryl methyl sites for hydroxylation is 1. The van der Waals surface area contributed by atoms with Gasteiger partial charge in [-0.05, 0) is 18.6 Å². The van der Waals surface area contributed by atoms with E-state index in [0.29, 0.717) is 32.6 Å². The fourth-order valence-electron chi connectivity index (χ4n) is 2.19. The SMILES string of the molecule is CC(=O)N1CCN(C(=O)CCc2ccc[nH]2)CC1. The summed E-state index contributed by atoms with van der Waals surface area (Å²) in [5.74, 6) is 0.265. The summed E-state index contributed by atoms with van der Waals surface area (Å²) in [6.45, 7) is 4.20. The highest BCUT2D eigenvalue weighted by atomic mass is 16.2. The Labute approximate surface area is 107 Å². The molecule has 1 aromatic heterocycles. The molecule has 0 saturated carbocycles. The Bertz CT molecular complexity index is 406. The van der Waals surface area contributed by atoms with Crippen LogP contribution in [0.1, 0.15) is 19.0 Å². The lowest BCUT2D eigenvalue weighted by molar-refractivity contribution is -0.138. The highest BCUT2D eigenvalue weighted by Gasteiger charge is 2.21. The summed E-state index contributed by atoms with van der Waals surface area (Å²) in [5.41, 5.74) is 1.09. The molecule has 5 nitrogen and oxygen atoms in total. The van der Waals surface area contributed by atoms with Gasteiger partial charge in [0.1, 0.15) is 0 Å². The van der Waals surface area contributed by atoms with Crippen molar-refractivity contribution in [1.29, 1.82) is 0 Å². The molecule has 2 rings (SSSR count). The Kier molecular flexibility index (Phi) is 4.02. The molecule has 0 atom stereocenters. The highest BCUT2D eigenvalue weighted by molar-refractivity contribution is 5.77. The van der Waals surface area contributed by atoms with Gasteiger partial charge in [0.15, 0.2) is 0 Å². The molecule has 0 radical (unpaired) electrons. The molecule has 0 aliphatic carbocycles. The number of amides is 2. The number of aromatic nitrogens is 1. The van der Waals surface area contributed by atoms with Gasteiger partial charge in [-0.25, -0.2) is 0 Å². The maximum atomic E-state index is 12.0. The maximum absolute atomic E-state index is 12.0. The smallest absolute Gasteiger partial charge is 0.223 e. The summed E-state index contributed by atoms with van der Waals surface area (Å²) in [6, 6.07) is 3.92. The number of nitrogens with zero attached hydrogens (tertiary/aromatic N) is 2. The van der Waals surface area contributed by atoms with Crippen molar-refractivity contribution in [2.75, 3.05) is 26.2 Å². The van der Waals surface area contributed by atoms with Crippen molar-refractivity contribution in [3.8, 4) is 0 Å². The van der Waals surface area contributed by atoms with Gasteiger partial charge in [0.25, 0.3) is 0 Å². The van der Waals surface area contributed by atoms with Gasteiger partial charge in [-0.3, -0.25) is 9.59 Å². The van der Waals surface area contributed by atoms with Gasteiger partial charge in [-0.1, -0.05) is 0 Å². The van der Waals surface area contributed by atoms with Crippen LogP contribution < -0.4 is 0 Å². The third-order valence-electron chi connectivity index (χ3n) is 3.35. The van der Waals surface area contributed by atoms with E-state index in [9.17, 15) is 9.59 Å². The van der Waals surface area contributed by atoms with Crippen molar-refractivity contribution >= 4 is 11.8 Å². The first-order valence-corrected chi connectivity index (χ1v) is 6.32. The second-order valence-corrected chi connectivity index (χ2v) is 4.58. The van der Waals surface area contributed by atoms with E-state index in [2.05, 4.69) is 4.98 Å². The highest BCUT2D eigenvalue weighted by Crippen LogP contribution is 2.06. The number of nitrogens with one attached hydrogen (secondary N) is 1. The number of carbonyl (C=O) groups excluding carboxylic acids is 2. The van der Waals surface area contributed by atoms with Gasteiger partial charge in [-0.2, -0.15) is 0 Å². The van der Waals surface area contributed by atoms with E-state index in [-0.39, 0.29) is 11.8 Å². The third kappa shape index (κ3) is 3.12. The lowest BCUT2D eigenvalue weighted by Crippen LogP contribution is -2.50. The minimum absolute atomic E-state index is 0.0912. The van der Waals surface area contributed by atoms with Gasteiger partial charge < -0.3 is 14.8 Å². The molecule has 5 heteroatoms. The fourth-order valence-corrected chi connectivity index (χ4v) is 2.19. The summed E-state index contributed by atoms with van der Waals surface area (Å²) in [5, 5.41) is 0. The van der Waals surface area contributed by atoms with Crippen molar-refractivity contribution in [2.24, 2.45) is 0 Å². The van der Waals surface area contributed by atoms with E-state index in [4.69, 9.17) is 0 Å². The number of rotatable bonds is 3. The average Bonchev–Trinajstić information content (AvgIpc) is 2.89. The molecular weight excluding hydrogens is 230 g/mol. The molecule has 1 aliphatic rings. The predicted octanol–water partition coefficient (Wildman–Crippen LogP) is 0.638. The molecule has 1 N–H and O–H groups in total. The van der Waals surface area contributed by atoms with Crippen LogP contribution in [-0.4, -0.2) is 52.8 Å². The van der Waals surface area contributed by atoms with Crippen LogP contribution in [0.4, 0.5) is 0 Å². The number of piperazine rings is 1. The van der Waals surface area contributed by atoms with Crippen LogP contribution in [0.2, 0.25) is 0 Å². The van der Waals surface area contributed by atoms with E-state index in [0.717, 1.165) is 12.1 Å². The zero-order valence-corrected chi connectivity index (χ0v) is 10.7. The third-order valence-corrected chi connectivity index (χ3v) is 3.35. The Balaban J connectivity index is 1.75. The molecule has 1 saturated heterocycles. The van der Waals surface area contributed by atoms with Crippen molar-refractivity contribution in [1.82, 2.24) is 14.8 Å². The maximum Gasteiger partial charge on any atom is 0.223 e. The van der Waals surface area contributed by atoms with E-state index in [1.165, 1.54) is 0 Å². The number of hydrogen-bond acceptors (Lipinski definition) is 2. The molecule has 0 unspecified atom stereocenters. The van der Waals surface area contributed by atoms with E-state index < -0.39 is 0 Å². The largest absolute Gasteiger partial charge is 0.365 e. The second kappa shape index (κ2) is 5.71. The Hall–Kier alpha value is -1.78. The van der Waals surface area contributed by atoms with Gasteiger partial charge >= 0.3 is 0 Å². The lowest BCUT2D eigenvalue weighted by Gasteiger charge is -2.34. The summed E-state index contributed by atoms with van der Waals surface area (Å²) in [7, 11) is 0. The normalized spacial score (nSPS) is 15.8. The topological polar surface area (TPSA) is 56.4 Å². The number of hydrogen-bond donors (Lipinski definition) is 1. The number of aromatic amines is 1. The van der Waals surface area contributed by atoms with Crippen molar-refractivity contribution in [3.05, 3.63) is 24.0 Å². The zero-order valence-electron chi connectivity index (χ0n) is 10.7. The Morgan fingerprint density at radius 1 is 1.22 bits per heavy atom. The van der Waals surface area contributed by atoms with Crippen molar-refractivity contribution in [3.63, 3.8) is 0 Å². The molecule has 0 aromatic carbocycles.